The SMILES string of the molecule is Cc1ccc(N2CCC[C@H](N(Cc3ccnc(C)c3)Cc3cn(C4CC4)c4cc(C5C[C@@H](O)CN5C(=O)O)ccc4c3=O)C2)cn1. The number of aromatic nitrogens is 3. The van der Waals surface area contributed by atoms with Crippen LogP contribution in [0.2, 0.25) is 0 Å². The van der Waals surface area contributed by atoms with Crippen LogP contribution in [0.5, 0.6) is 0 Å². The molecule has 3 aromatic heterocycles. The van der Waals surface area contributed by atoms with E-state index >= 15 is 0 Å². The van der Waals surface area contributed by atoms with Crippen LogP contribution in [0.3, 0.4) is 0 Å². The van der Waals surface area contributed by atoms with Crippen LogP contribution >= 0.6 is 0 Å². The van der Waals surface area contributed by atoms with E-state index in [4.69, 9.17) is 0 Å². The van der Waals surface area contributed by atoms with Crippen LogP contribution in [0, 0.1) is 13.8 Å². The highest BCUT2D eigenvalue weighted by Gasteiger charge is 2.36. The summed E-state index contributed by atoms with van der Waals surface area (Å²) >= 11 is 0. The molecular formula is C36H42N6O4. The molecule has 46 heavy (non-hydrogen) atoms. The number of likely N-dealkylation sites (tertiary alicyclic amines) is 1. The first kappa shape index (κ1) is 30.4. The van der Waals surface area contributed by atoms with Crippen LogP contribution in [0.1, 0.15) is 72.3 Å². The standard InChI is InChI=1S/C36H42N6O4/c1-23-5-7-29(17-38-23)39-13-3-4-30(21-39)40(18-25-11-12-37-24(2)14-25)19-27-20-41(28-8-9-28)34-15-26(6-10-32(34)35(27)44)33-16-31(43)22-42(33)36(45)46/h5-7,10-12,14-15,17,20,28,30-31,33,43H,3-4,8-9,13,16,18-19,21-22H2,1-2H3,(H,45,46)/t30-,31+,33?/m0/s1. The van der Waals surface area contributed by atoms with E-state index in [0.717, 1.165) is 72.5 Å². The number of hydrogen-bond donors (Lipinski definition) is 2. The molecule has 0 bridgehead atoms. The second-order valence-corrected chi connectivity index (χ2v) is 13.3. The second kappa shape index (κ2) is 12.5. The van der Waals surface area contributed by atoms with Gasteiger partial charge >= 0.3 is 6.09 Å². The van der Waals surface area contributed by atoms with E-state index in [1.165, 1.54) is 10.5 Å². The zero-order valence-electron chi connectivity index (χ0n) is 26.5. The number of carboxylic acid groups (broad SMARTS) is 1. The molecule has 5 heterocycles. The fraction of sp³-hybridized carbons (Fsp3) is 0.444. The third-order valence-corrected chi connectivity index (χ3v) is 9.87. The van der Waals surface area contributed by atoms with E-state index < -0.39 is 18.2 Å². The predicted octanol–water partition coefficient (Wildman–Crippen LogP) is 5.20. The number of fused-ring (bicyclic) bond motifs is 1. The molecule has 1 saturated carbocycles. The van der Waals surface area contributed by atoms with Gasteiger partial charge in [-0.25, -0.2) is 4.79 Å². The Morgan fingerprint density at radius 2 is 1.85 bits per heavy atom. The quantitative estimate of drug-likeness (QED) is 0.276. The predicted molar refractivity (Wildman–Crippen MR) is 177 cm³/mol. The van der Waals surface area contributed by atoms with E-state index in [0.29, 0.717) is 30.9 Å². The molecule has 1 amide bonds. The van der Waals surface area contributed by atoms with Crippen molar-refractivity contribution in [3.8, 4) is 0 Å². The van der Waals surface area contributed by atoms with Crippen LogP contribution in [-0.2, 0) is 13.1 Å². The van der Waals surface area contributed by atoms with E-state index in [1.807, 2.05) is 44.4 Å². The molecule has 4 aromatic rings. The molecular weight excluding hydrogens is 580 g/mol. The van der Waals surface area contributed by atoms with Crippen molar-refractivity contribution in [2.75, 3.05) is 24.5 Å². The highest BCUT2D eigenvalue weighted by Crippen LogP contribution is 2.39. The number of rotatable bonds is 8. The van der Waals surface area contributed by atoms with Gasteiger partial charge < -0.3 is 19.7 Å². The van der Waals surface area contributed by atoms with Gasteiger partial charge in [-0.2, -0.15) is 0 Å². The monoisotopic (exact) mass is 622 g/mol. The van der Waals surface area contributed by atoms with E-state index in [2.05, 4.69) is 54.8 Å². The van der Waals surface area contributed by atoms with Crippen LogP contribution in [-0.4, -0.2) is 72.4 Å². The van der Waals surface area contributed by atoms with Gasteiger partial charge in [-0.1, -0.05) is 6.07 Å². The van der Waals surface area contributed by atoms with Crippen LogP contribution in [0.25, 0.3) is 10.9 Å². The normalized spacial score (nSPS) is 21.8. The third-order valence-electron chi connectivity index (χ3n) is 9.87. The maximum Gasteiger partial charge on any atom is 0.407 e. The number of piperidine rings is 1. The van der Waals surface area contributed by atoms with Crippen LogP contribution < -0.4 is 10.3 Å². The van der Waals surface area contributed by atoms with Crippen molar-refractivity contribution in [2.45, 2.75) is 83.3 Å². The summed E-state index contributed by atoms with van der Waals surface area (Å²) in [5.74, 6) is 0. The van der Waals surface area contributed by atoms with E-state index in [1.54, 1.807) is 0 Å². The first-order valence-corrected chi connectivity index (χ1v) is 16.4. The lowest BCUT2D eigenvalue weighted by Gasteiger charge is -2.40. The van der Waals surface area contributed by atoms with Crippen molar-refractivity contribution >= 4 is 22.7 Å². The first-order chi connectivity index (χ1) is 22.2. The van der Waals surface area contributed by atoms with Gasteiger partial charge in [-0.3, -0.25) is 24.6 Å². The number of hydrogen-bond acceptors (Lipinski definition) is 7. The number of aliphatic hydroxyl groups excluding tert-OH is 1. The summed E-state index contributed by atoms with van der Waals surface area (Å²) in [6.45, 7) is 7.18. The minimum absolute atomic E-state index is 0.0197. The van der Waals surface area contributed by atoms with Crippen molar-refractivity contribution in [1.29, 1.82) is 0 Å². The second-order valence-electron chi connectivity index (χ2n) is 13.3. The number of anilines is 1. The Balaban J connectivity index is 1.24. The molecule has 0 radical (unpaired) electrons. The molecule has 10 nitrogen and oxygen atoms in total. The third kappa shape index (κ3) is 6.24. The number of aliphatic hydroxyl groups is 1. The van der Waals surface area contributed by atoms with Gasteiger partial charge in [-0.05, 0) is 93.5 Å². The van der Waals surface area contributed by atoms with Crippen molar-refractivity contribution in [3.63, 3.8) is 0 Å². The minimum Gasteiger partial charge on any atom is -0.465 e. The molecule has 10 heteroatoms. The number of pyridine rings is 3. The number of nitrogens with zero attached hydrogens (tertiary/aromatic N) is 6. The molecule has 3 aliphatic rings. The van der Waals surface area contributed by atoms with Gasteiger partial charge in [0.15, 0.2) is 5.43 Å². The highest BCUT2D eigenvalue weighted by molar-refractivity contribution is 5.81. The summed E-state index contributed by atoms with van der Waals surface area (Å²) < 4.78 is 2.24. The zero-order chi connectivity index (χ0) is 31.9. The molecule has 2 aliphatic heterocycles. The van der Waals surface area contributed by atoms with Crippen LogP contribution in [0.4, 0.5) is 10.5 Å². The fourth-order valence-corrected chi connectivity index (χ4v) is 7.34. The molecule has 2 N–H and O–H groups in total. The lowest BCUT2D eigenvalue weighted by Crippen LogP contribution is -2.48. The van der Waals surface area contributed by atoms with Gasteiger partial charge in [0.1, 0.15) is 0 Å². The topological polar surface area (TPSA) is 115 Å². The zero-order valence-corrected chi connectivity index (χ0v) is 26.5. The number of carbonyl (C=O) groups is 1. The summed E-state index contributed by atoms with van der Waals surface area (Å²) in [7, 11) is 0. The summed E-state index contributed by atoms with van der Waals surface area (Å²) in [5.41, 5.74) is 6.73. The molecule has 3 fully saturated rings. The van der Waals surface area contributed by atoms with Crippen molar-refractivity contribution < 1.29 is 15.0 Å². The Morgan fingerprint density at radius 1 is 1.00 bits per heavy atom. The average Bonchev–Trinajstić information content (AvgIpc) is 3.82. The average molecular weight is 623 g/mol. The highest BCUT2D eigenvalue weighted by atomic mass is 16.4. The van der Waals surface area contributed by atoms with E-state index in [9.17, 15) is 19.8 Å². The Bertz CT molecular complexity index is 1800. The molecule has 3 atom stereocenters. The Labute approximate surface area is 268 Å². The van der Waals surface area contributed by atoms with Gasteiger partial charge in [0.2, 0.25) is 0 Å². The number of amides is 1. The minimum atomic E-state index is -1.04. The molecule has 1 aliphatic carbocycles. The lowest BCUT2D eigenvalue weighted by molar-refractivity contribution is 0.131. The molecule has 2 saturated heterocycles. The maximum absolute atomic E-state index is 14.2. The number of β-amino-alcohol motifs (C(OH)–C–C–N with tert-alkyl or cyclic N) is 1. The Hall–Kier alpha value is -4.28. The largest absolute Gasteiger partial charge is 0.465 e. The number of aryl methyl sites for hydroxylation is 2. The number of benzene rings is 1. The Morgan fingerprint density at radius 3 is 2.59 bits per heavy atom. The molecule has 0 spiro atoms. The van der Waals surface area contributed by atoms with Crippen molar-refractivity contribution in [1.82, 2.24) is 24.3 Å². The van der Waals surface area contributed by atoms with E-state index in [-0.39, 0.29) is 18.0 Å². The van der Waals surface area contributed by atoms with Crippen molar-refractivity contribution in [3.05, 3.63) is 99.4 Å². The molecule has 240 valence electrons. The van der Waals surface area contributed by atoms with Gasteiger partial charge in [0, 0.05) is 73.0 Å². The molecule has 7 rings (SSSR count). The summed E-state index contributed by atoms with van der Waals surface area (Å²) in [4.78, 5) is 41.3. The van der Waals surface area contributed by atoms with Gasteiger partial charge in [0.05, 0.1) is 36.1 Å². The first-order valence-electron chi connectivity index (χ1n) is 16.4. The smallest absolute Gasteiger partial charge is 0.407 e. The van der Waals surface area contributed by atoms with Crippen LogP contribution in [0.15, 0.2) is 65.8 Å². The maximum atomic E-state index is 14.2. The molecule has 1 unspecified atom stereocenters. The molecule has 1 aromatic carbocycles. The van der Waals surface area contributed by atoms with Gasteiger partial charge in [0.25, 0.3) is 0 Å². The summed E-state index contributed by atoms with van der Waals surface area (Å²) in [5, 5.41) is 20.7. The van der Waals surface area contributed by atoms with Gasteiger partial charge in [-0.15, -0.1) is 0 Å². The summed E-state index contributed by atoms with van der Waals surface area (Å²) in [6.07, 6.45) is 8.68. The lowest BCUT2D eigenvalue weighted by atomic mass is 9.99. The Kier molecular flexibility index (Phi) is 8.25. The van der Waals surface area contributed by atoms with Crippen molar-refractivity contribution in [2.24, 2.45) is 0 Å². The summed E-state index contributed by atoms with van der Waals surface area (Å²) in [6, 6.07) is 14.2. The fourth-order valence-electron chi connectivity index (χ4n) is 7.34.